The Morgan fingerprint density at radius 2 is 1.79 bits per heavy atom. The predicted octanol–water partition coefficient (Wildman–Crippen LogP) is 5.05. The van der Waals surface area contributed by atoms with E-state index in [4.69, 9.17) is 4.98 Å². The molecule has 0 N–H and O–H groups in total. The number of pyridine rings is 1. The summed E-state index contributed by atoms with van der Waals surface area (Å²) in [7, 11) is 0. The Morgan fingerprint density at radius 3 is 2.58 bits per heavy atom. The molecule has 2 heteroatoms. The summed E-state index contributed by atoms with van der Waals surface area (Å²) < 4.78 is 0. The lowest BCUT2D eigenvalue weighted by Gasteiger charge is -2.26. The van der Waals surface area contributed by atoms with Crippen molar-refractivity contribution in [2.45, 2.75) is 58.8 Å². The van der Waals surface area contributed by atoms with Crippen LogP contribution in [0, 0.1) is 12.8 Å². The lowest BCUT2D eigenvalue weighted by atomic mass is 9.78. The molecule has 0 saturated carbocycles. The maximum atomic E-state index is 12.6. The number of aromatic nitrogens is 1. The largest absolute Gasteiger partial charge is 0.294 e. The van der Waals surface area contributed by atoms with Crippen LogP contribution in [0.15, 0.2) is 24.3 Å². The van der Waals surface area contributed by atoms with Crippen molar-refractivity contribution in [2.24, 2.45) is 5.92 Å². The minimum absolute atomic E-state index is 0.122. The molecule has 24 heavy (non-hydrogen) atoms. The van der Waals surface area contributed by atoms with Gasteiger partial charge in [-0.2, -0.15) is 0 Å². The van der Waals surface area contributed by atoms with E-state index in [1.165, 1.54) is 27.9 Å². The predicted molar refractivity (Wildman–Crippen MR) is 97.6 cm³/mol. The van der Waals surface area contributed by atoms with Crippen LogP contribution < -0.4 is 0 Å². The highest BCUT2D eigenvalue weighted by molar-refractivity contribution is 6.00. The van der Waals surface area contributed by atoms with Crippen LogP contribution in [-0.4, -0.2) is 10.8 Å². The molecule has 0 bridgehead atoms. The minimum atomic E-state index is 0.122. The van der Waals surface area contributed by atoms with Gasteiger partial charge in [0.1, 0.15) is 0 Å². The number of hydrogen-bond acceptors (Lipinski definition) is 2. The molecular weight excluding hydrogens is 294 g/mol. The van der Waals surface area contributed by atoms with Crippen molar-refractivity contribution in [3.63, 3.8) is 0 Å². The zero-order valence-electron chi connectivity index (χ0n) is 15.1. The SMILES string of the molecule is Cc1ccc2c(c1)C(C)(C)CCc1nc3c(cc1-2)C(=O)C(C)CC3. The number of Topliss-reactive ketones (excluding diaryl/α,β-unsaturated/α-hetero) is 1. The first-order valence-corrected chi connectivity index (χ1v) is 9.05. The smallest absolute Gasteiger partial charge is 0.167 e. The molecule has 0 aliphatic heterocycles. The summed E-state index contributed by atoms with van der Waals surface area (Å²) in [6.07, 6.45) is 3.93. The first-order chi connectivity index (χ1) is 11.4. The van der Waals surface area contributed by atoms with Crippen LogP contribution in [0.4, 0.5) is 0 Å². The molecular formula is C22H25NO. The summed E-state index contributed by atoms with van der Waals surface area (Å²) in [5.41, 5.74) is 8.30. The summed E-state index contributed by atoms with van der Waals surface area (Å²) in [4.78, 5) is 17.6. The zero-order valence-corrected chi connectivity index (χ0v) is 15.1. The average molecular weight is 319 g/mol. The van der Waals surface area contributed by atoms with E-state index in [1.54, 1.807) is 0 Å². The molecule has 0 fully saturated rings. The fourth-order valence-electron chi connectivity index (χ4n) is 4.19. The Morgan fingerprint density at radius 1 is 1.04 bits per heavy atom. The van der Waals surface area contributed by atoms with Crippen molar-refractivity contribution in [3.8, 4) is 11.1 Å². The lowest BCUT2D eigenvalue weighted by molar-refractivity contribution is 0.0912. The third kappa shape index (κ3) is 2.31. The zero-order chi connectivity index (χ0) is 17.1. The first kappa shape index (κ1) is 15.6. The van der Waals surface area contributed by atoms with Crippen molar-refractivity contribution in [3.05, 3.63) is 52.3 Å². The number of fused-ring (bicyclic) bond motifs is 4. The molecule has 124 valence electrons. The normalized spacial score (nSPS) is 21.5. The van der Waals surface area contributed by atoms with Crippen molar-refractivity contribution < 1.29 is 4.79 Å². The third-order valence-electron chi connectivity index (χ3n) is 5.89. The summed E-state index contributed by atoms with van der Waals surface area (Å²) in [6.45, 7) is 8.84. The molecule has 2 aliphatic rings. The number of ketones is 1. The van der Waals surface area contributed by atoms with Crippen LogP contribution in [0.25, 0.3) is 11.1 Å². The van der Waals surface area contributed by atoms with Gasteiger partial charge in [-0.15, -0.1) is 0 Å². The highest BCUT2D eigenvalue weighted by Crippen LogP contribution is 2.42. The topological polar surface area (TPSA) is 30.0 Å². The molecule has 1 aromatic heterocycles. The second-order valence-corrected chi connectivity index (χ2v) is 8.21. The summed E-state index contributed by atoms with van der Waals surface area (Å²) in [5, 5.41) is 0. The number of benzene rings is 1. The van der Waals surface area contributed by atoms with Gasteiger partial charge in [0.05, 0.1) is 5.69 Å². The van der Waals surface area contributed by atoms with Crippen molar-refractivity contribution in [1.82, 2.24) is 4.98 Å². The van der Waals surface area contributed by atoms with Gasteiger partial charge in [0, 0.05) is 22.7 Å². The van der Waals surface area contributed by atoms with Crippen LogP contribution in [0.1, 0.15) is 66.5 Å². The molecule has 0 saturated heterocycles. The van der Waals surface area contributed by atoms with Crippen molar-refractivity contribution >= 4 is 5.78 Å². The van der Waals surface area contributed by atoms with E-state index in [2.05, 4.69) is 45.0 Å². The Bertz CT molecular complexity index is 847. The Balaban J connectivity index is 1.98. The Hall–Kier alpha value is -1.96. The Labute approximate surface area is 144 Å². The molecule has 4 rings (SSSR count). The first-order valence-electron chi connectivity index (χ1n) is 9.05. The highest BCUT2D eigenvalue weighted by Gasteiger charge is 2.32. The lowest BCUT2D eigenvalue weighted by Crippen LogP contribution is -2.22. The minimum Gasteiger partial charge on any atom is -0.294 e. The maximum absolute atomic E-state index is 12.6. The van der Waals surface area contributed by atoms with Gasteiger partial charge in [-0.05, 0) is 55.2 Å². The average Bonchev–Trinajstić information content (AvgIpc) is 2.65. The number of aryl methyl sites for hydroxylation is 3. The maximum Gasteiger partial charge on any atom is 0.167 e. The van der Waals surface area contributed by atoms with Crippen LogP contribution >= 0.6 is 0 Å². The molecule has 2 aromatic rings. The van der Waals surface area contributed by atoms with E-state index in [0.29, 0.717) is 0 Å². The number of carbonyl (C=O) groups is 1. The second kappa shape index (κ2) is 5.27. The number of hydrogen-bond donors (Lipinski definition) is 0. The standard InChI is InChI=1S/C22H25NO/c1-13-5-7-15-16-12-17-19(8-6-14(2)21(17)24)23-20(16)9-10-22(3,4)18(15)11-13/h5,7,11-12,14H,6,8-10H2,1-4H3. The summed E-state index contributed by atoms with van der Waals surface area (Å²) >= 11 is 0. The van der Waals surface area contributed by atoms with Crippen molar-refractivity contribution in [1.29, 1.82) is 0 Å². The van der Waals surface area contributed by atoms with Crippen LogP contribution in [0.2, 0.25) is 0 Å². The molecule has 0 spiro atoms. The fraction of sp³-hybridized carbons (Fsp3) is 0.455. The van der Waals surface area contributed by atoms with Crippen LogP contribution in [0.3, 0.4) is 0 Å². The molecule has 1 aromatic carbocycles. The van der Waals surface area contributed by atoms with E-state index in [-0.39, 0.29) is 17.1 Å². The summed E-state index contributed by atoms with van der Waals surface area (Å²) in [6, 6.07) is 8.86. The molecule has 2 aliphatic carbocycles. The van der Waals surface area contributed by atoms with E-state index in [9.17, 15) is 4.79 Å². The quantitative estimate of drug-likeness (QED) is 0.680. The van der Waals surface area contributed by atoms with Gasteiger partial charge in [-0.1, -0.05) is 44.5 Å². The number of carbonyl (C=O) groups excluding carboxylic acids is 1. The number of rotatable bonds is 0. The third-order valence-corrected chi connectivity index (χ3v) is 5.89. The fourth-order valence-corrected chi connectivity index (χ4v) is 4.19. The van der Waals surface area contributed by atoms with Gasteiger partial charge in [0.2, 0.25) is 0 Å². The monoisotopic (exact) mass is 319 g/mol. The van der Waals surface area contributed by atoms with E-state index < -0.39 is 0 Å². The van der Waals surface area contributed by atoms with Crippen LogP contribution in [0.5, 0.6) is 0 Å². The van der Waals surface area contributed by atoms with Gasteiger partial charge in [-0.3, -0.25) is 9.78 Å². The van der Waals surface area contributed by atoms with E-state index in [1.807, 2.05) is 6.92 Å². The molecule has 0 amide bonds. The van der Waals surface area contributed by atoms with Gasteiger partial charge >= 0.3 is 0 Å². The second-order valence-electron chi connectivity index (χ2n) is 8.21. The van der Waals surface area contributed by atoms with Gasteiger partial charge < -0.3 is 0 Å². The summed E-state index contributed by atoms with van der Waals surface area (Å²) in [5.74, 6) is 0.390. The molecule has 1 atom stereocenters. The van der Waals surface area contributed by atoms with Gasteiger partial charge in [0.25, 0.3) is 0 Å². The van der Waals surface area contributed by atoms with Gasteiger partial charge in [0.15, 0.2) is 5.78 Å². The highest BCUT2D eigenvalue weighted by atomic mass is 16.1. The molecule has 2 nitrogen and oxygen atoms in total. The van der Waals surface area contributed by atoms with E-state index >= 15 is 0 Å². The van der Waals surface area contributed by atoms with Gasteiger partial charge in [-0.25, -0.2) is 0 Å². The molecule has 1 heterocycles. The van der Waals surface area contributed by atoms with E-state index in [0.717, 1.165) is 36.9 Å². The number of nitrogens with zero attached hydrogens (tertiary/aromatic N) is 1. The van der Waals surface area contributed by atoms with Crippen molar-refractivity contribution in [2.75, 3.05) is 0 Å². The molecule has 1 unspecified atom stereocenters. The molecule has 0 radical (unpaired) electrons. The van der Waals surface area contributed by atoms with Crippen LogP contribution in [-0.2, 0) is 18.3 Å². The Kier molecular flexibility index (Phi) is 3.42.